The number of nitrogens with zero attached hydrogens (tertiary/aromatic N) is 1. The van der Waals surface area contributed by atoms with E-state index >= 15 is 0 Å². The molecule has 2 aliphatic heterocycles. The van der Waals surface area contributed by atoms with Gasteiger partial charge in [0.25, 0.3) is 5.91 Å². The third kappa shape index (κ3) is 4.15. The van der Waals surface area contributed by atoms with Crippen LogP contribution in [0.2, 0.25) is 0 Å². The van der Waals surface area contributed by atoms with Gasteiger partial charge in [0.1, 0.15) is 5.75 Å². The largest absolute Gasteiger partial charge is 0.496 e. The molecule has 1 unspecified atom stereocenters. The number of methoxy groups -OCH3 is 1. The van der Waals surface area contributed by atoms with Gasteiger partial charge in [0.15, 0.2) is 0 Å². The molecule has 0 saturated carbocycles. The standard InChI is InChI=1S/C24H27F3N2O2/c1-14(2)17-13-22(31-3)19(12-20(17)24(25,26)27)23(30)28-16-7-6-15-8-10-29-9-4-5-21(29)18(15)11-16/h6-7,11-14,21H,4-5,8-10H2,1-3H3,(H,28,30). The molecule has 0 aromatic heterocycles. The van der Waals surface area contributed by atoms with Crippen LogP contribution in [0, 0.1) is 0 Å². The fraction of sp³-hybridized carbons (Fsp3) is 0.458. The number of amides is 1. The van der Waals surface area contributed by atoms with E-state index in [1.54, 1.807) is 13.8 Å². The molecular formula is C24H27F3N2O2. The van der Waals surface area contributed by atoms with E-state index in [1.165, 1.54) is 24.3 Å². The number of carbonyl (C=O) groups is 1. The molecule has 1 fully saturated rings. The fourth-order valence-corrected chi connectivity index (χ4v) is 4.78. The Hall–Kier alpha value is -2.54. The number of benzene rings is 2. The molecule has 0 aliphatic carbocycles. The predicted octanol–water partition coefficient (Wildman–Crippen LogP) is 5.78. The van der Waals surface area contributed by atoms with Crippen molar-refractivity contribution in [1.82, 2.24) is 4.90 Å². The molecule has 2 heterocycles. The van der Waals surface area contributed by atoms with Gasteiger partial charge in [0.2, 0.25) is 0 Å². The molecule has 7 heteroatoms. The van der Waals surface area contributed by atoms with Crippen molar-refractivity contribution in [3.05, 3.63) is 58.1 Å². The van der Waals surface area contributed by atoms with Gasteiger partial charge < -0.3 is 10.1 Å². The number of carbonyl (C=O) groups excluding carboxylic acids is 1. The van der Waals surface area contributed by atoms with Crippen LogP contribution in [-0.2, 0) is 12.6 Å². The first kappa shape index (κ1) is 21.7. The van der Waals surface area contributed by atoms with Crippen LogP contribution in [0.25, 0.3) is 0 Å². The van der Waals surface area contributed by atoms with Crippen molar-refractivity contribution in [2.24, 2.45) is 0 Å². The lowest BCUT2D eigenvalue weighted by atomic mass is 9.92. The highest BCUT2D eigenvalue weighted by Crippen LogP contribution is 2.40. The zero-order valence-corrected chi connectivity index (χ0v) is 18.0. The van der Waals surface area contributed by atoms with Gasteiger partial charge in [-0.05, 0) is 72.7 Å². The third-order valence-corrected chi connectivity index (χ3v) is 6.34. The van der Waals surface area contributed by atoms with Gasteiger partial charge in [-0.25, -0.2) is 0 Å². The smallest absolute Gasteiger partial charge is 0.416 e. The van der Waals surface area contributed by atoms with E-state index in [2.05, 4.69) is 10.2 Å². The predicted molar refractivity (Wildman–Crippen MR) is 114 cm³/mol. The molecule has 2 aliphatic rings. The van der Waals surface area contributed by atoms with Crippen LogP contribution >= 0.6 is 0 Å². The van der Waals surface area contributed by atoms with Crippen molar-refractivity contribution < 1.29 is 22.7 Å². The zero-order chi connectivity index (χ0) is 22.3. The van der Waals surface area contributed by atoms with E-state index in [-0.39, 0.29) is 22.8 Å². The van der Waals surface area contributed by atoms with Crippen molar-refractivity contribution in [1.29, 1.82) is 0 Å². The van der Waals surface area contributed by atoms with Crippen molar-refractivity contribution in [3.63, 3.8) is 0 Å². The van der Waals surface area contributed by atoms with Crippen LogP contribution in [0.3, 0.4) is 0 Å². The summed E-state index contributed by atoms with van der Waals surface area (Å²) in [5.74, 6) is -0.844. The van der Waals surface area contributed by atoms with Crippen LogP contribution < -0.4 is 10.1 Å². The molecule has 0 radical (unpaired) electrons. The number of ether oxygens (including phenoxy) is 1. The highest BCUT2D eigenvalue weighted by Gasteiger charge is 2.36. The number of halogens is 3. The van der Waals surface area contributed by atoms with Crippen molar-refractivity contribution in [3.8, 4) is 5.75 Å². The summed E-state index contributed by atoms with van der Waals surface area (Å²) in [5.41, 5.74) is 2.25. The minimum Gasteiger partial charge on any atom is -0.496 e. The number of fused-ring (bicyclic) bond motifs is 3. The summed E-state index contributed by atoms with van der Waals surface area (Å²) < 4.78 is 46.2. The monoisotopic (exact) mass is 432 g/mol. The number of hydrogen-bond donors (Lipinski definition) is 1. The second-order valence-electron chi connectivity index (χ2n) is 8.60. The average molecular weight is 432 g/mol. The molecule has 2 aromatic rings. The molecule has 1 atom stereocenters. The highest BCUT2D eigenvalue weighted by atomic mass is 19.4. The van der Waals surface area contributed by atoms with Crippen LogP contribution in [0.1, 0.15) is 71.3 Å². The van der Waals surface area contributed by atoms with Crippen molar-refractivity contribution in [2.75, 3.05) is 25.5 Å². The van der Waals surface area contributed by atoms with E-state index in [4.69, 9.17) is 4.74 Å². The van der Waals surface area contributed by atoms with Crippen LogP contribution in [0.4, 0.5) is 18.9 Å². The van der Waals surface area contributed by atoms with Gasteiger partial charge in [-0.15, -0.1) is 0 Å². The topological polar surface area (TPSA) is 41.6 Å². The molecular weight excluding hydrogens is 405 g/mol. The average Bonchev–Trinajstić information content (AvgIpc) is 3.21. The van der Waals surface area contributed by atoms with E-state index < -0.39 is 17.6 Å². The first-order valence-electron chi connectivity index (χ1n) is 10.7. The molecule has 1 amide bonds. The molecule has 1 saturated heterocycles. The lowest BCUT2D eigenvalue weighted by Gasteiger charge is -2.32. The fourth-order valence-electron chi connectivity index (χ4n) is 4.78. The third-order valence-electron chi connectivity index (χ3n) is 6.34. The van der Waals surface area contributed by atoms with Crippen molar-refractivity contribution in [2.45, 2.75) is 51.2 Å². The van der Waals surface area contributed by atoms with Gasteiger partial charge >= 0.3 is 6.18 Å². The Kier molecular flexibility index (Phi) is 5.73. The number of rotatable bonds is 4. The Morgan fingerprint density at radius 1 is 1.19 bits per heavy atom. The van der Waals surface area contributed by atoms with Crippen LogP contribution in [0.15, 0.2) is 30.3 Å². The van der Waals surface area contributed by atoms with E-state index in [1.807, 2.05) is 18.2 Å². The molecule has 1 N–H and O–H groups in total. The molecule has 4 rings (SSSR count). The summed E-state index contributed by atoms with van der Waals surface area (Å²) >= 11 is 0. The minimum absolute atomic E-state index is 0.107. The lowest BCUT2D eigenvalue weighted by molar-refractivity contribution is -0.138. The summed E-state index contributed by atoms with van der Waals surface area (Å²) in [6, 6.07) is 8.39. The maximum Gasteiger partial charge on any atom is 0.416 e. The second-order valence-corrected chi connectivity index (χ2v) is 8.60. The SMILES string of the molecule is COc1cc(C(C)C)c(C(F)(F)F)cc1C(=O)Nc1ccc2c(c1)C1CCCN1CC2. The van der Waals surface area contributed by atoms with Crippen LogP contribution in [0.5, 0.6) is 5.75 Å². The molecule has 31 heavy (non-hydrogen) atoms. The van der Waals surface area contributed by atoms with Crippen LogP contribution in [-0.4, -0.2) is 31.0 Å². The first-order chi connectivity index (χ1) is 14.7. The summed E-state index contributed by atoms with van der Waals surface area (Å²) in [6.07, 6.45) is -1.34. The normalized spacial score (nSPS) is 18.6. The number of nitrogens with one attached hydrogen (secondary N) is 1. The molecule has 0 spiro atoms. The zero-order valence-electron chi connectivity index (χ0n) is 18.0. The number of hydrogen-bond acceptors (Lipinski definition) is 3. The van der Waals surface area contributed by atoms with Gasteiger partial charge in [-0.1, -0.05) is 19.9 Å². The summed E-state index contributed by atoms with van der Waals surface area (Å²) in [4.78, 5) is 15.4. The number of anilines is 1. The quantitative estimate of drug-likeness (QED) is 0.666. The maximum absolute atomic E-state index is 13.7. The Morgan fingerprint density at radius 3 is 2.65 bits per heavy atom. The van der Waals surface area contributed by atoms with E-state index in [0.29, 0.717) is 11.7 Å². The number of alkyl halides is 3. The van der Waals surface area contributed by atoms with Crippen molar-refractivity contribution >= 4 is 11.6 Å². The van der Waals surface area contributed by atoms with Gasteiger partial charge in [0, 0.05) is 18.3 Å². The van der Waals surface area contributed by atoms with E-state index in [0.717, 1.165) is 38.4 Å². The Balaban J connectivity index is 1.67. The van der Waals surface area contributed by atoms with Gasteiger partial charge in [-0.3, -0.25) is 9.69 Å². The maximum atomic E-state index is 13.7. The first-order valence-corrected chi connectivity index (χ1v) is 10.7. The molecule has 4 nitrogen and oxygen atoms in total. The molecule has 0 bridgehead atoms. The highest BCUT2D eigenvalue weighted by molar-refractivity contribution is 6.06. The summed E-state index contributed by atoms with van der Waals surface area (Å²) in [5, 5.41) is 2.79. The second kappa shape index (κ2) is 8.19. The Labute approximate surface area is 180 Å². The summed E-state index contributed by atoms with van der Waals surface area (Å²) in [7, 11) is 1.36. The van der Waals surface area contributed by atoms with E-state index in [9.17, 15) is 18.0 Å². The van der Waals surface area contributed by atoms with Gasteiger partial charge in [-0.2, -0.15) is 13.2 Å². The Bertz CT molecular complexity index is 1000. The minimum atomic E-state index is -4.56. The van der Waals surface area contributed by atoms with Gasteiger partial charge in [0.05, 0.1) is 18.2 Å². The lowest BCUT2D eigenvalue weighted by Crippen LogP contribution is -2.31. The summed E-state index contributed by atoms with van der Waals surface area (Å²) in [6.45, 7) is 5.50. The molecule has 2 aromatic carbocycles. The Morgan fingerprint density at radius 2 is 1.97 bits per heavy atom. The molecule has 166 valence electrons.